The molecule has 2 heterocycles. The minimum Gasteiger partial charge on any atom is -0.497 e. The number of nitrogens with one attached hydrogen (secondary N) is 1. The molecule has 8 nitrogen and oxygen atoms in total. The summed E-state index contributed by atoms with van der Waals surface area (Å²) in [6.07, 6.45) is 3.73. The zero-order chi connectivity index (χ0) is 20.1. The van der Waals surface area contributed by atoms with Crippen LogP contribution in [0.2, 0.25) is 0 Å². The van der Waals surface area contributed by atoms with Crippen LogP contribution < -0.4 is 10.1 Å². The lowest BCUT2D eigenvalue weighted by molar-refractivity contribution is 0.205. The van der Waals surface area contributed by atoms with Gasteiger partial charge in [0.2, 0.25) is 0 Å². The van der Waals surface area contributed by atoms with E-state index in [9.17, 15) is 4.79 Å². The maximum Gasteiger partial charge on any atom is 0.317 e. The van der Waals surface area contributed by atoms with E-state index < -0.39 is 0 Å². The molecular weight excluding hydrogens is 358 g/mol. The number of ether oxygens (including phenoxy) is 1. The molecule has 148 valence electrons. The Kier molecular flexibility index (Phi) is 5.98. The molecule has 0 aliphatic heterocycles. The van der Waals surface area contributed by atoms with Crippen molar-refractivity contribution in [2.75, 3.05) is 14.2 Å². The van der Waals surface area contributed by atoms with Crippen LogP contribution in [0.3, 0.4) is 0 Å². The zero-order valence-electron chi connectivity index (χ0n) is 16.5. The largest absolute Gasteiger partial charge is 0.497 e. The van der Waals surface area contributed by atoms with Gasteiger partial charge in [0, 0.05) is 36.5 Å². The van der Waals surface area contributed by atoms with Crippen LogP contribution >= 0.6 is 0 Å². The number of carbonyl (C=O) groups excluding carboxylic acids is 1. The van der Waals surface area contributed by atoms with Crippen molar-refractivity contribution in [3.63, 3.8) is 0 Å². The van der Waals surface area contributed by atoms with Crippen molar-refractivity contribution in [3.05, 3.63) is 54.0 Å². The van der Waals surface area contributed by atoms with E-state index >= 15 is 0 Å². The van der Waals surface area contributed by atoms with Crippen molar-refractivity contribution in [1.29, 1.82) is 0 Å². The van der Waals surface area contributed by atoms with Gasteiger partial charge in [0.15, 0.2) is 5.76 Å². The molecule has 0 spiro atoms. The smallest absolute Gasteiger partial charge is 0.317 e. The first-order valence-corrected chi connectivity index (χ1v) is 9.08. The van der Waals surface area contributed by atoms with Crippen molar-refractivity contribution < 1.29 is 14.1 Å². The topological polar surface area (TPSA) is 85.4 Å². The first kappa shape index (κ1) is 19.5. The highest BCUT2D eigenvalue weighted by Crippen LogP contribution is 2.22. The summed E-state index contributed by atoms with van der Waals surface area (Å²) in [4.78, 5) is 13.9. The lowest BCUT2D eigenvalue weighted by Crippen LogP contribution is -2.36. The number of rotatable bonds is 7. The van der Waals surface area contributed by atoms with Crippen molar-refractivity contribution in [1.82, 2.24) is 25.2 Å². The standard InChI is InChI=1S/C20H25N5O3/c1-14(2)25-13-15(10-22-25)12-24(3)20(26)21-11-18-9-19(23-28-18)16-5-7-17(27-4)8-6-16/h5-10,13-14H,11-12H2,1-4H3,(H,21,26). The van der Waals surface area contributed by atoms with Gasteiger partial charge in [-0.25, -0.2) is 4.79 Å². The maximum absolute atomic E-state index is 12.3. The van der Waals surface area contributed by atoms with Gasteiger partial charge in [0.05, 0.1) is 26.4 Å². The highest BCUT2D eigenvalue weighted by molar-refractivity contribution is 5.73. The molecule has 0 saturated heterocycles. The fraction of sp³-hybridized carbons (Fsp3) is 0.350. The first-order valence-electron chi connectivity index (χ1n) is 9.08. The van der Waals surface area contributed by atoms with Crippen molar-refractivity contribution in [3.8, 4) is 17.0 Å². The van der Waals surface area contributed by atoms with E-state index in [1.165, 1.54) is 0 Å². The predicted octanol–water partition coefficient (Wildman–Crippen LogP) is 3.47. The Morgan fingerprint density at radius 2 is 2.07 bits per heavy atom. The van der Waals surface area contributed by atoms with E-state index in [0.717, 1.165) is 16.9 Å². The van der Waals surface area contributed by atoms with Gasteiger partial charge in [-0.05, 0) is 38.1 Å². The quantitative estimate of drug-likeness (QED) is 0.675. The summed E-state index contributed by atoms with van der Waals surface area (Å²) >= 11 is 0. The second kappa shape index (κ2) is 8.60. The van der Waals surface area contributed by atoms with Gasteiger partial charge in [-0.3, -0.25) is 4.68 Å². The molecule has 1 N–H and O–H groups in total. The van der Waals surface area contributed by atoms with Gasteiger partial charge in [0.1, 0.15) is 11.4 Å². The van der Waals surface area contributed by atoms with Crippen molar-refractivity contribution in [2.24, 2.45) is 0 Å². The first-order chi connectivity index (χ1) is 13.5. The van der Waals surface area contributed by atoms with E-state index in [4.69, 9.17) is 9.26 Å². The van der Waals surface area contributed by atoms with Gasteiger partial charge < -0.3 is 19.5 Å². The molecule has 3 rings (SSSR count). The minimum absolute atomic E-state index is 0.195. The average Bonchev–Trinajstić information content (AvgIpc) is 3.36. The summed E-state index contributed by atoms with van der Waals surface area (Å²) in [5.41, 5.74) is 2.61. The molecule has 28 heavy (non-hydrogen) atoms. The number of hydrogen-bond donors (Lipinski definition) is 1. The Hall–Kier alpha value is -3.29. The molecule has 0 saturated carbocycles. The molecule has 0 bridgehead atoms. The Bertz CT molecular complexity index is 914. The molecule has 0 atom stereocenters. The van der Waals surface area contributed by atoms with E-state index in [1.807, 2.05) is 41.2 Å². The van der Waals surface area contributed by atoms with E-state index in [-0.39, 0.29) is 12.6 Å². The number of carbonyl (C=O) groups is 1. The lowest BCUT2D eigenvalue weighted by atomic mass is 10.1. The number of urea groups is 1. The third-order valence-electron chi connectivity index (χ3n) is 4.31. The van der Waals surface area contributed by atoms with Gasteiger partial charge >= 0.3 is 6.03 Å². The highest BCUT2D eigenvalue weighted by Gasteiger charge is 2.13. The zero-order valence-corrected chi connectivity index (χ0v) is 16.5. The molecule has 0 aliphatic carbocycles. The van der Waals surface area contributed by atoms with Crippen LogP contribution in [0.4, 0.5) is 4.79 Å². The van der Waals surface area contributed by atoms with E-state index in [1.54, 1.807) is 25.3 Å². The fourth-order valence-electron chi connectivity index (χ4n) is 2.68. The Balaban J connectivity index is 1.53. The molecular formula is C20H25N5O3. The number of benzene rings is 1. The molecule has 0 unspecified atom stereocenters. The van der Waals surface area contributed by atoms with Crippen LogP contribution in [0.25, 0.3) is 11.3 Å². The minimum atomic E-state index is -0.195. The van der Waals surface area contributed by atoms with Crippen LogP contribution in [0, 0.1) is 0 Å². The van der Waals surface area contributed by atoms with Crippen LogP contribution in [0.5, 0.6) is 5.75 Å². The third kappa shape index (κ3) is 4.70. The van der Waals surface area contributed by atoms with Gasteiger partial charge in [-0.1, -0.05) is 5.16 Å². The number of aromatic nitrogens is 3. The summed E-state index contributed by atoms with van der Waals surface area (Å²) < 4.78 is 12.3. The van der Waals surface area contributed by atoms with E-state index in [0.29, 0.717) is 24.0 Å². The number of amides is 2. The molecule has 0 fully saturated rings. The molecule has 8 heteroatoms. The molecule has 3 aromatic rings. The van der Waals surface area contributed by atoms with Crippen LogP contribution in [0.15, 0.2) is 47.2 Å². The molecule has 0 radical (unpaired) electrons. The SMILES string of the molecule is COc1ccc(-c2cc(CNC(=O)N(C)Cc3cnn(C(C)C)c3)on2)cc1. The summed E-state index contributed by atoms with van der Waals surface area (Å²) in [5, 5.41) is 11.2. The molecule has 1 aromatic carbocycles. The predicted molar refractivity (Wildman–Crippen MR) is 105 cm³/mol. The maximum atomic E-state index is 12.3. The number of methoxy groups -OCH3 is 1. The Morgan fingerprint density at radius 3 is 2.71 bits per heavy atom. The summed E-state index contributed by atoms with van der Waals surface area (Å²) in [6.45, 7) is 4.86. The normalized spacial score (nSPS) is 10.9. The van der Waals surface area contributed by atoms with Gasteiger partial charge in [-0.15, -0.1) is 0 Å². The third-order valence-corrected chi connectivity index (χ3v) is 4.31. The molecule has 2 amide bonds. The van der Waals surface area contributed by atoms with Crippen molar-refractivity contribution >= 4 is 6.03 Å². The monoisotopic (exact) mass is 383 g/mol. The second-order valence-corrected chi connectivity index (χ2v) is 6.84. The van der Waals surface area contributed by atoms with Gasteiger partial charge in [-0.2, -0.15) is 5.10 Å². The average molecular weight is 383 g/mol. The van der Waals surface area contributed by atoms with Crippen molar-refractivity contribution in [2.45, 2.75) is 33.0 Å². The fourth-order valence-corrected chi connectivity index (χ4v) is 2.68. The summed E-state index contributed by atoms with van der Waals surface area (Å²) in [6, 6.07) is 9.45. The van der Waals surface area contributed by atoms with Crippen LogP contribution in [-0.2, 0) is 13.1 Å². The lowest BCUT2D eigenvalue weighted by Gasteiger charge is -2.16. The van der Waals surface area contributed by atoms with Crippen LogP contribution in [-0.4, -0.2) is 40.0 Å². The number of nitrogens with zero attached hydrogens (tertiary/aromatic N) is 4. The Labute approximate surface area is 164 Å². The number of hydrogen-bond acceptors (Lipinski definition) is 5. The summed E-state index contributed by atoms with van der Waals surface area (Å²) in [5.74, 6) is 1.36. The van der Waals surface area contributed by atoms with Gasteiger partial charge in [0.25, 0.3) is 0 Å². The molecule has 0 aliphatic rings. The Morgan fingerprint density at radius 1 is 1.32 bits per heavy atom. The second-order valence-electron chi connectivity index (χ2n) is 6.84. The summed E-state index contributed by atoms with van der Waals surface area (Å²) in [7, 11) is 3.37. The molecule has 2 aromatic heterocycles. The van der Waals surface area contributed by atoms with E-state index in [2.05, 4.69) is 29.4 Å². The highest BCUT2D eigenvalue weighted by atomic mass is 16.5. The van der Waals surface area contributed by atoms with Crippen LogP contribution in [0.1, 0.15) is 31.2 Å².